The van der Waals surface area contributed by atoms with Gasteiger partial charge in [0, 0.05) is 6.92 Å². The Morgan fingerprint density at radius 3 is 2.24 bits per heavy atom. The van der Waals surface area contributed by atoms with E-state index in [1.54, 1.807) is 0 Å². The molecular weight excluding hydrogens is 342 g/mol. The zero-order chi connectivity index (χ0) is 18.9. The molecule has 25 heavy (non-hydrogen) atoms. The van der Waals surface area contributed by atoms with Crippen molar-refractivity contribution >= 4 is 5.91 Å². The SMILES string of the molecule is CC(=O)N[C@H]1[C@@H](O[C@@H]2[C@H](O)[C@@H](O)[C@@H](O)O[C@@H]2C)O[C@H](CO)[C@@H](O)[C@@H]1O. The largest absolute Gasteiger partial charge is 0.394 e. The van der Waals surface area contributed by atoms with Crippen LogP contribution in [0.4, 0.5) is 0 Å². The predicted octanol–water partition coefficient (Wildman–Crippen LogP) is -4.23. The highest BCUT2D eigenvalue weighted by Gasteiger charge is 2.49. The van der Waals surface area contributed by atoms with Crippen LogP contribution >= 0.6 is 0 Å². The minimum absolute atomic E-state index is 0.528. The third-order valence-corrected chi connectivity index (χ3v) is 4.34. The van der Waals surface area contributed by atoms with Crippen molar-refractivity contribution in [2.75, 3.05) is 6.61 Å². The summed E-state index contributed by atoms with van der Waals surface area (Å²) in [6.45, 7) is 2.05. The van der Waals surface area contributed by atoms with Gasteiger partial charge in [0.25, 0.3) is 0 Å². The highest BCUT2D eigenvalue weighted by molar-refractivity contribution is 5.73. The molecule has 7 N–H and O–H groups in total. The average molecular weight is 367 g/mol. The fraction of sp³-hybridized carbons (Fsp3) is 0.929. The lowest BCUT2D eigenvalue weighted by atomic mass is 9.95. The molecule has 10 atom stereocenters. The third-order valence-electron chi connectivity index (χ3n) is 4.34. The molecule has 0 saturated carbocycles. The summed E-state index contributed by atoms with van der Waals surface area (Å²) in [7, 11) is 0. The van der Waals surface area contributed by atoms with Crippen LogP contribution in [-0.4, -0.2) is 105 Å². The van der Waals surface area contributed by atoms with Crippen LogP contribution in [0, 0.1) is 0 Å². The third kappa shape index (κ3) is 4.27. The molecule has 146 valence electrons. The lowest BCUT2D eigenvalue weighted by Gasteiger charge is -2.46. The molecule has 11 heteroatoms. The fourth-order valence-electron chi connectivity index (χ4n) is 2.95. The molecule has 1 amide bonds. The molecule has 0 bridgehead atoms. The van der Waals surface area contributed by atoms with Crippen LogP contribution in [0.5, 0.6) is 0 Å². The van der Waals surface area contributed by atoms with Gasteiger partial charge in [0.05, 0.1) is 12.7 Å². The summed E-state index contributed by atoms with van der Waals surface area (Å²) in [6, 6.07) is -1.20. The van der Waals surface area contributed by atoms with Crippen molar-refractivity contribution in [3.05, 3.63) is 0 Å². The van der Waals surface area contributed by atoms with E-state index in [9.17, 15) is 35.4 Å². The van der Waals surface area contributed by atoms with Crippen LogP contribution in [0.3, 0.4) is 0 Å². The monoisotopic (exact) mass is 367 g/mol. The molecule has 2 aliphatic rings. The zero-order valence-corrected chi connectivity index (χ0v) is 13.8. The molecule has 0 aromatic carbocycles. The summed E-state index contributed by atoms with van der Waals surface area (Å²) in [4.78, 5) is 11.4. The Labute approximate surface area is 143 Å². The second-order valence-corrected chi connectivity index (χ2v) is 6.25. The molecule has 0 aromatic heterocycles. The normalized spacial score (nSPS) is 48.2. The minimum atomic E-state index is -1.63. The number of carbonyl (C=O) groups is 1. The maximum Gasteiger partial charge on any atom is 0.217 e. The van der Waals surface area contributed by atoms with Gasteiger partial charge in [-0.15, -0.1) is 0 Å². The molecule has 2 rings (SSSR count). The maximum atomic E-state index is 11.4. The Bertz CT molecular complexity index is 465. The highest BCUT2D eigenvalue weighted by atomic mass is 16.7. The first kappa shape index (κ1) is 20.4. The molecule has 2 heterocycles. The number of hydrogen-bond donors (Lipinski definition) is 7. The van der Waals surface area contributed by atoms with E-state index in [0.717, 1.165) is 0 Å². The van der Waals surface area contributed by atoms with Gasteiger partial charge in [-0.3, -0.25) is 4.79 Å². The van der Waals surface area contributed by atoms with Gasteiger partial charge in [-0.25, -0.2) is 0 Å². The number of carbonyl (C=O) groups excluding carboxylic acids is 1. The molecule has 2 aliphatic heterocycles. The molecule has 0 radical (unpaired) electrons. The Morgan fingerprint density at radius 1 is 1.04 bits per heavy atom. The second kappa shape index (κ2) is 8.20. The summed E-state index contributed by atoms with van der Waals surface area (Å²) in [5.74, 6) is -0.528. The van der Waals surface area contributed by atoms with Crippen LogP contribution in [0.25, 0.3) is 0 Å². The van der Waals surface area contributed by atoms with Crippen molar-refractivity contribution < 1.29 is 49.6 Å². The first-order valence-corrected chi connectivity index (χ1v) is 7.92. The molecule has 2 fully saturated rings. The molecule has 0 unspecified atom stereocenters. The van der Waals surface area contributed by atoms with E-state index in [-0.39, 0.29) is 0 Å². The Kier molecular flexibility index (Phi) is 6.70. The van der Waals surface area contributed by atoms with E-state index >= 15 is 0 Å². The minimum Gasteiger partial charge on any atom is -0.394 e. The Balaban J connectivity index is 2.19. The van der Waals surface area contributed by atoms with E-state index in [0.29, 0.717) is 0 Å². The lowest BCUT2D eigenvalue weighted by Crippen LogP contribution is -2.67. The van der Waals surface area contributed by atoms with Crippen molar-refractivity contribution in [3.63, 3.8) is 0 Å². The summed E-state index contributed by atoms with van der Waals surface area (Å²) >= 11 is 0. The number of aliphatic hydroxyl groups is 6. The molecule has 2 saturated heterocycles. The van der Waals surface area contributed by atoms with Gasteiger partial charge in [0.1, 0.15) is 42.7 Å². The van der Waals surface area contributed by atoms with E-state index in [2.05, 4.69) is 5.32 Å². The summed E-state index contributed by atoms with van der Waals surface area (Å²) in [5.41, 5.74) is 0. The fourth-order valence-corrected chi connectivity index (χ4v) is 2.95. The van der Waals surface area contributed by atoms with E-state index in [4.69, 9.17) is 14.2 Å². The second-order valence-electron chi connectivity index (χ2n) is 6.25. The van der Waals surface area contributed by atoms with E-state index < -0.39 is 73.9 Å². The topological polar surface area (TPSA) is 178 Å². The first-order valence-electron chi connectivity index (χ1n) is 7.92. The van der Waals surface area contributed by atoms with Gasteiger partial charge >= 0.3 is 0 Å². The van der Waals surface area contributed by atoms with Gasteiger partial charge in [-0.2, -0.15) is 0 Å². The number of hydrogen-bond acceptors (Lipinski definition) is 10. The highest BCUT2D eigenvalue weighted by Crippen LogP contribution is 2.28. The Morgan fingerprint density at radius 2 is 1.68 bits per heavy atom. The number of rotatable bonds is 4. The number of aliphatic hydroxyl groups excluding tert-OH is 6. The first-order chi connectivity index (χ1) is 11.7. The van der Waals surface area contributed by atoms with Crippen molar-refractivity contribution in [1.29, 1.82) is 0 Å². The lowest BCUT2D eigenvalue weighted by molar-refractivity contribution is -0.336. The summed E-state index contributed by atoms with van der Waals surface area (Å²) in [5, 5.41) is 61.1. The quantitative estimate of drug-likeness (QED) is 0.257. The summed E-state index contributed by atoms with van der Waals surface area (Å²) in [6.07, 6.45) is -12.3. The van der Waals surface area contributed by atoms with Crippen LogP contribution in [0.2, 0.25) is 0 Å². The number of nitrogens with one attached hydrogen (secondary N) is 1. The van der Waals surface area contributed by atoms with Crippen LogP contribution < -0.4 is 5.32 Å². The molecule has 0 aromatic rings. The van der Waals surface area contributed by atoms with Crippen LogP contribution in [-0.2, 0) is 19.0 Å². The van der Waals surface area contributed by atoms with Gasteiger partial charge in [-0.1, -0.05) is 0 Å². The Hall–Kier alpha value is -0.890. The average Bonchev–Trinajstić information content (AvgIpc) is 2.55. The molecular formula is C14H25NO10. The van der Waals surface area contributed by atoms with Crippen molar-refractivity contribution in [2.45, 2.75) is 75.2 Å². The molecule has 0 aliphatic carbocycles. The zero-order valence-electron chi connectivity index (χ0n) is 13.8. The number of ether oxygens (including phenoxy) is 3. The standard InChI is InChI=1S/C14H25NO10/c1-4-12(10(20)11(21)13(22)23-4)25-14-7(15-5(2)17)9(19)8(18)6(3-16)24-14/h4,6-14,16,18-22H,3H2,1-2H3,(H,15,17)/t4-,6-,7-,8-,9-,10-,11-,12+,13+,14-/m1/s1. The predicted molar refractivity (Wildman–Crippen MR) is 78.8 cm³/mol. The van der Waals surface area contributed by atoms with E-state index in [1.807, 2.05) is 0 Å². The van der Waals surface area contributed by atoms with E-state index in [1.165, 1.54) is 13.8 Å². The summed E-state index contributed by atoms with van der Waals surface area (Å²) < 4.78 is 16.0. The molecule has 11 nitrogen and oxygen atoms in total. The van der Waals surface area contributed by atoms with Gasteiger partial charge in [0.15, 0.2) is 12.6 Å². The smallest absolute Gasteiger partial charge is 0.217 e. The maximum absolute atomic E-state index is 11.4. The van der Waals surface area contributed by atoms with Crippen LogP contribution in [0.15, 0.2) is 0 Å². The van der Waals surface area contributed by atoms with Crippen molar-refractivity contribution in [1.82, 2.24) is 5.32 Å². The molecule has 0 spiro atoms. The van der Waals surface area contributed by atoms with Crippen LogP contribution in [0.1, 0.15) is 13.8 Å². The van der Waals surface area contributed by atoms with Crippen molar-refractivity contribution in [3.8, 4) is 0 Å². The van der Waals surface area contributed by atoms with Gasteiger partial charge in [0.2, 0.25) is 5.91 Å². The number of amides is 1. The van der Waals surface area contributed by atoms with Gasteiger partial charge in [-0.05, 0) is 6.92 Å². The van der Waals surface area contributed by atoms with Crippen molar-refractivity contribution in [2.24, 2.45) is 0 Å². The van der Waals surface area contributed by atoms with Gasteiger partial charge < -0.3 is 50.2 Å².